The zero-order chi connectivity index (χ0) is 14.7. The summed E-state index contributed by atoms with van der Waals surface area (Å²) in [6, 6.07) is 8.54. The summed E-state index contributed by atoms with van der Waals surface area (Å²) >= 11 is 16.7. The molecule has 0 saturated carbocycles. The first-order valence-corrected chi connectivity index (χ1v) is 7.89. The average molecular weight is 392 g/mol. The number of carbonyl (C=O) groups excluding carboxylic acids is 1. The van der Waals surface area contributed by atoms with E-state index in [1.54, 1.807) is 12.1 Å². The maximum Gasteiger partial charge on any atom is 0.272 e. The first kappa shape index (κ1) is 15.5. The summed E-state index contributed by atoms with van der Waals surface area (Å²) < 4.78 is 1.01. The quantitative estimate of drug-likeness (QED) is 0.582. The van der Waals surface area contributed by atoms with E-state index in [2.05, 4.69) is 26.5 Å². The van der Waals surface area contributed by atoms with Crippen LogP contribution in [0, 0.1) is 0 Å². The topological polar surface area (TPSA) is 41.5 Å². The molecule has 0 unspecified atom stereocenters. The predicted molar refractivity (Wildman–Crippen MR) is 88.2 cm³/mol. The van der Waals surface area contributed by atoms with Gasteiger partial charge in [-0.25, -0.2) is 5.43 Å². The fourth-order valence-electron chi connectivity index (χ4n) is 1.43. The third-order valence-corrected chi connectivity index (χ3v) is 4.71. The Morgan fingerprint density at radius 1 is 1.30 bits per heavy atom. The monoisotopic (exact) mass is 390 g/mol. The van der Waals surface area contributed by atoms with Gasteiger partial charge < -0.3 is 0 Å². The Morgan fingerprint density at radius 2 is 2.05 bits per heavy atom. The van der Waals surface area contributed by atoms with Crippen molar-refractivity contribution in [2.45, 2.75) is 6.92 Å². The van der Waals surface area contributed by atoms with Crippen LogP contribution in [0.15, 0.2) is 39.2 Å². The van der Waals surface area contributed by atoms with Crippen LogP contribution < -0.4 is 5.43 Å². The number of nitrogens with zero attached hydrogens (tertiary/aromatic N) is 1. The summed E-state index contributed by atoms with van der Waals surface area (Å²) in [6.45, 7) is 1.82. The highest BCUT2D eigenvalue weighted by Gasteiger charge is 2.10. The molecular weight excluding hydrogens is 383 g/mol. The van der Waals surface area contributed by atoms with Crippen LogP contribution in [0.2, 0.25) is 10.0 Å². The number of hydrazone groups is 1. The van der Waals surface area contributed by atoms with Crippen molar-refractivity contribution >= 4 is 62.1 Å². The van der Waals surface area contributed by atoms with Crippen molar-refractivity contribution < 1.29 is 4.79 Å². The lowest BCUT2D eigenvalue weighted by atomic mass is 10.2. The molecule has 20 heavy (non-hydrogen) atoms. The number of rotatable bonds is 3. The molecule has 1 aromatic carbocycles. The van der Waals surface area contributed by atoms with Gasteiger partial charge in [0, 0.05) is 5.02 Å². The summed E-state index contributed by atoms with van der Waals surface area (Å²) in [6.07, 6.45) is 0. The molecule has 1 amide bonds. The van der Waals surface area contributed by atoms with Crippen molar-refractivity contribution in [2.75, 3.05) is 0 Å². The Hall–Kier alpha value is -0.880. The fourth-order valence-corrected chi connectivity index (χ4v) is 3.26. The molecule has 1 aromatic heterocycles. The Balaban J connectivity index is 2.12. The number of hydrogen-bond acceptors (Lipinski definition) is 3. The van der Waals surface area contributed by atoms with Gasteiger partial charge in [0.1, 0.15) is 0 Å². The lowest BCUT2D eigenvalue weighted by Crippen LogP contribution is -2.19. The Labute approximate surface area is 138 Å². The molecule has 0 aliphatic carbocycles. The molecule has 104 valence electrons. The summed E-state index contributed by atoms with van der Waals surface area (Å²) in [4.78, 5) is 12.9. The minimum Gasteiger partial charge on any atom is -0.267 e. The summed E-state index contributed by atoms with van der Waals surface area (Å²) in [7, 11) is 0. The van der Waals surface area contributed by atoms with Crippen molar-refractivity contribution in [3.63, 3.8) is 0 Å². The van der Waals surface area contributed by atoms with E-state index in [1.807, 2.05) is 19.1 Å². The second-order valence-electron chi connectivity index (χ2n) is 3.87. The molecule has 0 aliphatic rings. The van der Waals surface area contributed by atoms with Crippen LogP contribution in [0.25, 0.3) is 0 Å². The van der Waals surface area contributed by atoms with Crippen LogP contribution in [0.5, 0.6) is 0 Å². The van der Waals surface area contributed by atoms with E-state index >= 15 is 0 Å². The third-order valence-electron chi connectivity index (χ3n) is 2.43. The number of thiophene rings is 1. The van der Waals surface area contributed by atoms with Gasteiger partial charge in [-0.05, 0) is 53.2 Å². The molecule has 1 N–H and O–H groups in total. The maximum atomic E-state index is 12.0. The number of carbonyl (C=O) groups is 1. The minimum atomic E-state index is -0.373. The zero-order valence-corrected chi connectivity index (χ0v) is 14.2. The van der Waals surface area contributed by atoms with Crippen molar-refractivity contribution in [3.8, 4) is 0 Å². The van der Waals surface area contributed by atoms with Gasteiger partial charge in [0.25, 0.3) is 5.91 Å². The van der Waals surface area contributed by atoms with Gasteiger partial charge in [-0.3, -0.25) is 4.79 Å². The highest BCUT2D eigenvalue weighted by Crippen LogP contribution is 2.23. The van der Waals surface area contributed by atoms with E-state index in [1.165, 1.54) is 17.4 Å². The summed E-state index contributed by atoms with van der Waals surface area (Å²) in [5.41, 5.74) is 3.53. The third kappa shape index (κ3) is 3.82. The molecule has 3 nitrogen and oxygen atoms in total. The first-order valence-electron chi connectivity index (χ1n) is 5.53. The lowest BCUT2D eigenvalue weighted by molar-refractivity contribution is 0.0955. The molecule has 7 heteroatoms. The van der Waals surface area contributed by atoms with Crippen LogP contribution in [-0.2, 0) is 0 Å². The average Bonchev–Trinajstić information content (AvgIpc) is 2.82. The second kappa shape index (κ2) is 6.72. The molecule has 2 rings (SSSR count). The number of amides is 1. The number of halogens is 3. The lowest BCUT2D eigenvalue weighted by Gasteiger charge is -2.04. The summed E-state index contributed by atoms with van der Waals surface area (Å²) in [5.74, 6) is -0.373. The van der Waals surface area contributed by atoms with Gasteiger partial charge in [0.05, 0.1) is 25.0 Å². The van der Waals surface area contributed by atoms with E-state index in [0.29, 0.717) is 15.6 Å². The van der Waals surface area contributed by atoms with Crippen molar-refractivity contribution in [1.82, 2.24) is 5.43 Å². The maximum absolute atomic E-state index is 12.0. The minimum absolute atomic E-state index is 0.293. The molecule has 0 fully saturated rings. The SMILES string of the molecule is CC(=NNC(=O)c1ccc(Cl)cc1Cl)c1ccc(Br)s1. The molecular formula is C13H9BrCl2N2OS. The molecule has 0 spiro atoms. The number of hydrogen-bond donors (Lipinski definition) is 1. The van der Waals surface area contributed by atoms with Crippen LogP contribution in [0.4, 0.5) is 0 Å². The van der Waals surface area contributed by atoms with Gasteiger partial charge in [-0.2, -0.15) is 5.10 Å². The Morgan fingerprint density at radius 3 is 2.65 bits per heavy atom. The first-order chi connectivity index (χ1) is 9.47. The molecule has 1 heterocycles. The number of benzene rings is 1. The van der Waals surface area contributed by atoms with Crippen LogP contribution >= 0.6 is 50.5 Å². The highest BCUT2D eigenvalue weighted by atomic mass is 79.9. The van der Waals surface area contributed by atoms with E-state index in [0.717, 1.165) is 14.4 Å². The van der Waals surface area contributed by atoms with Crippen LogP contribution in [0.1, 0.15) is 22.2 Å². The van der Waals surface area contributed by atoms with Gasteiger partial charge in [-0.15, -0.1) is 11.3 Å². The van der Waals surface area contributed by atoms with E-state index in [-0.39, 0.29) is 5.91 Å². The van der Waals surface area contributed by atoms with Crippen molar-refractivity contribution in [3.05, 3.63) is 54.6 Å². The largest absolute Gasteiger partial charge is 0.272 e. The molecule has 2 aromatic rings. The van der Waals surface area contributed by atoms with E-state index < -0.39 is 0 Å². The Bertz CT molecular complexity index is 685. The highest BCUT2D eigenvalue weighted by molar-refractivity contribution is 9.11. The van der Waals surface area contributed by atoms with Gasteiger partial charge in [0.2, 0.25) is 0 Å². The molecule has 0 bridgehead atoms. The fraction of sp³-hybridized carbons (Fsp3) is 0.0769. The smallest absolute Gasteiger partial charge is 0.267 e. The Kier molecular flexibility index (Phi) is 5.21. The molecule has 0 aliphatic heterocycles. The zero-order valence-electron chi connectivity index (χ0n) is 10.3. The molecule has 0 saturated heterocycles. The molecule has 0 atom stereocenters. The van der Waals surface area contributed by atoms with Crippen molar-refractivity contribution in [1.29, 1.82) is 0 Å². The second-order valence-corrected chi connectivity index (χ2v) is 7.17. The predicted octanol–water partition coefficient (Wildman–Crippen LogP) is 4.97. The van der Waals surface area contributed by atoms with Gasteiger partial charge in [-0.1, -0.05) is 23.2 Å². The summed E-state index contributed by atoms with van der Waals surface area (Å²) in [5, 5.41) is 4.84. The molecule has 0 radical (unpaired) electrons. The van der Waals surface area contributed by atoms with Gasteiger partial charge in [0.15, 0.2) is 0 Å². The van der Waals surface area contributed by atoms with Crippen LogP contribution in [0.3, 0.4) is 0 Å². The van der Waals surface area contributed by atoms with E-state index in [4.69, 9.17) is 23.2 Å². The van der Waals surface area contributed by atoms with Crippen LogP contribution in [-0.4, -0.2) is 11.6 Å². The number of nitrogens with one attached hydrogen (secondary N) is 1. The standard InChI is InChI=1S/C13H9BrCl2N2OS/c1-7(11-4-5-12(14)20-11)17-18-13(19)9-3-2-8(15)6-10(9)16/h2-6H,1H3,(H,18,19). The normalized spacial score (nSPS) is 11.5. The van der Waals surface area contributed by atoms with E-state index in [9.17, 15) is 4.79 Å². The van der Waals surface area contributed by atoms with Gasteiger partial charge >= 0.3 is 0 Å². The van der Waals surface area contributed by atoms with Crippen molar-refractivity contribution in [2.24, 2.45) is 5.10 Å².